The Hall–Kier alpha value is -4.03. The second kappa shape index (κ2) is 10.9. The van der Waals surface area contributed by atoms with Gasteiger partial charge in [0.05, 0.1) is 16.8 Å². The van der Waals surface area contributed by atoms with E-state index < -0.39 is 29.1 Å². The van der Waals surface area contributed by atoms with Crippen LogP contribution in [0.5, 0.6) is 11.6 Å². The van der Waals surface area contributed by atoms with E-state index in [0.717, 1.165) is 9.44 Å². The van der Waals surface area contributed by atoms with Crippen LogP contribution in [0.15, 0.2) is 58.3 Å². The van der Waals surface area contributed by atoms with Gasteiger partial charge in [0.25, 0.3) is 5.88 Å². The molecule has 0 radical (unpaired) electrons. The van der Waals surface area contributed by atoms with Crippen molar-refractivity contribution in [3.63, 3.8) is 0 Å². The molecule has 0 amide bonds. The predicted molar refractivity (Wildman–Crippen MR) is 137 cm³/mol. The smallest absolute Gasteiger partial charge is 0.354 e. The molecule has 0 unspecified atom stereocenters. The van der Waals surface area contributed by atoms with E-state index in [9.17, 15) is 23.9 Å². The van der Waals surface area contributed by atoms with E-state index >= 15 is 0 Å². The second-order valence-electron chi connectivity index (χ2n) is 8.14. The first-order valence-corrected chi connectivity index (χ1v) is 12.2. The van der Waals surface area contributed by atoms with Crippen LogP contribution in [0.4, 0.5) is 16.0 Å². The van der Waals surface area contributed by atoms with Crippen molar-refractivity contribution >= 4 is 40.5 Å². The van der Waals surface area contributed by atoms with E-state index in [-0.39, 0.29) is 24.9 Å². The van der Waals surface area contributed by atoms with Crippen molar-refractivity contribution in [2.75, 3.05) is 5.32 Å². The molecule has 0 aliphatic carbocycles. The second-order valence-corrected chi connectivity index (χ2v) is 9.94. The molecular formula is C24H21ClFN5O5S. The van der Waals surface area contributed by atoms with Gasteiger partial charge in [-0.15, -0.1) is 11.3 Å². The fraction of sp³-hybridized carbons (Fsp3) is 0.208. The first kappa shape index (κ1) is 26.0. The Morgan fingerprint density at radius 1 is 1.24 bits per heavy atom. The summed E-state index contributed by atoms with van der Waals surface area (Å²) in [5.74, 6) is -2.58. The lowest BCUT2D eigenvalue weighted by atomic mass is 10.2. The Bertz CT molecular complexity index is 1580. The zero-order chi connectivity index (χ0) is 26.7. The van der Waals surface area contributed by atoms with Crippen LogP contribution in [0, 0.1) is 18.7 Å². The molecule has 4 rings (SSSR count). The molecule has 1 aromatic carbocycles. The monoisotopic (exact) mass is 545 g/mol. The largest absolute Gasteiger partial charge is 0.481 e. The fourth-order valence-corrected chi connectivity index (χ4v) is 4.47. The summed E-state index contributed by atoms with van der Waals surface area (Å²) in [5.41, 5.74) is -0.504. The van der Waals surface area contributed by atoms with Crippen LogP contribution in [-0.2, 0) is 17.9 Å². The molecule has 37 heavy (non-hydrogen) atoms. The number of nitrogens with one attached hydrogen (secondary N) is 1. The number of carbonyl (C=O) groups is 1. The number of carboxylic acids is 1. The van der Waals surface area contributed by atoms with E-state index in [0.29, 0.717) is 21.3 Å². The number of aryl methyl sites for hydroxylation is 1. The minimum absolute atomic E-state index is 0.0393. The number of thiophene rings is 1. The van der Waals surface area contributed by atoms with E-state index in [1.165, 1.54) is 41.2 Å². The van der Waals surface area contributed by atoms with Crippen molar-refractivity contribution in [1.82, 2.24) is 19.1 Å². The van der Waals surface area contributed by atoms with Crippen LogP contribution in [0.1, 0.15) is 17.4 Å². The van der Waals surface area contributed by atoms with Gasteiger partial charge in [-0.3, -0.25) is 9.36 Å². The van der Waals surface area contributed by atoms with Crippen molar-refractivity contribution in [3.8, 4) is 11.6 Å². The molecular weight excluding hydrogens is 525 g/mol. The number of pyridine rings is 1. The summed E-state index contributed by atoms with van der Waals surface area (Å²) in [6.07, 6.45) is 1.41. The average molecular weight is 546 g/mol. The standard InChI is InChI=1S/C24H21ClFN5O5S/c1-13-10-15(5-7-18(13)36-20-17(26)4-3-9-27-20)28-22-29-23(34)31(11-14(2)21(32)33)24(35)30(22)12-16-6-8-19(25)37-16/h3-10,14H,11-12H2,1-2H3,(H,32,33)(H,28,29,34)/t14-/m0/s1. The van der Waals surface area contributed by atoms with Gasteiger partial charge in [0.15, 0.2) is 5.82 Å². The molecule has 192 valence electrons. The third kappa shape index (κ3) is 6.04. The number of ether oxygens (including phenoxy) is 1. The number of hydrogen-bond donors (Lipinski definition) is 2. The highest BCUT2D eigenvalue weighted by molar-refractivity contribution is 7.16. The molecule has 0 aliphatic rings. The van der Waals surface area contributed by atoms with Gasteiger partial charge >= 0.3 is 17.3 Å². The Balaban J connectivity index is 1.69. The number of carboxylic acid groups (broad SMARTS) is 1. The normalized spacial score (nSPS) is 11.8. The first-order valence-electron chi connectivity index (χ1n) is 11.0. The van der Waals surface area contributed by atoms with Gasteiger partial charge in [0.1, 0.15) is 5.75 Å². The summed E-state index contributed by atoms with van der Waals surface area (Å²) in [6.45, 7) is 2.85. The quantitative estimate of drug-likeness (QED) is 0.319. The Labute approximate surface area is 218 Å². The summed E-state index contributed by atoms with van der Waals surface area (Å²) in [7, 11) is 0. The maximum atomic E-state index is 13.9. The SMILES string of the molecule is Cc1cc(Nc2nc(=O)n(C[C@H](C)C(=O)O)c(=O)n2Cc2ccc(Cl)s2)ccc1Oc1ncccc1F. The van der Waals surface area contributed by atoms with Gasteiger partial charge in [0.2, 0.25) is 5.95 Å². The molecule has 13 heteroatoms. The number of benzene rings is 1. The Morgan fingerprint density at radius 3 is 2.68 bits per heavy atom. The van der Waals surface area contributed by atoms with Crippen molar-refractivity contribution in [3.05, 3.63) is 90.2 Å². The Morgan fingerprint density at radius 2 is 2.03 bits per heavy atom. The van der Waals surface area contributed by atoms with Crippen LogP contribution < -0.4 is 21.4 Å². The van der Waals surface area contributed by atoms with E-state index in [2.05, 4.69) is 15.3 Å². The molecule has 10 nitrogen and oxygen atoms in total. The van der Waals surface area contributed by atoms with Crippen LogP contribution in [-0.4, -0.2) is 30.2 Å². The Kier molecular flexibility index (Phi) is 7.69. The van der Waals surface area contributed by atoms with Crippen molar-refractivity contribution in [1.29, 1.82) is 0 Å². The summed E-state index contributed by atoms with van der Waals surface area (Å²) < 4.78 is 22.0. The number of anilines is 2. The predicted octanol–water partition coefficient (Wildman–Crippen LogP) is 4.27. The third-order valence-electron chi connectivity index (χ3n) is 5.33. The minimum atomic E-state index is -1.14. The van der Waals surface area contributed by atoms with Crippen molar-refractivity contribution in [2.45, 2.75) is 26.9 Å². The number of aromatic nitrogens is 4. The maximum absolute atomic E-state index is 13.9. The van der Waals surface area contributed by atoms with Crippen LogP contribution in [0.2, 0.25) is 4.34 Å². The first-order chi connectivity index (χ1) is 17.6. The highest BCUT2D eigenvalue weighted by Crippen LogP contribution is 2.29. The molecule has 0 saturated heterocycles. The van der Waals surface area contributed by atoms with Gasteiger partial charge in [-0.05, 0) is 55.0 Å². The van der Waals surface area contributed by atoms with E-state index in [1.807, 2.05) is 0 Å². The molecule has 0 spiro atoms. The molecule has 3 heterocycles. The maximum Gasteiger partial charge on any atom is 0.354 e. The fourth-order valence-electron chi connectivity index (χ4n) is 3.39. The molecule has 1 atom stereocenters. The third-order valence-corrected chi connectivity index (χ3v) is 6.55. The van der Waals surface area contributed by atoms with Crippen LogP contribution in [0.3, 0.4) is 0 Å². The minimum Gasteiger partial charge on any atom is -0.481 e. The van der Waals surface area contributed by atoms with Crippen molar-refractivity contribution < 1.29 is 19.0 Å². The lowest BCUT2D eigenvalue weighted by Gasteiger charge is -2.17. The van der Waals surface area contributed by atoms with E-state index in [4.69, 9.17) is 16.3 Å². The van der Waals surface area contributed by atoms with Gasteiger partial charge in [-0.2, -0.15) is 4.98 Å². The number of rotatable bonds is 9. The average Bonchev–Trinajstić information content (AvgIpc) is 3.26. The van der Waals surface area contributed by atoms with Crippen molar-refractivity contribution in [2.24, 2.45) is 5.92 Å². The van der Waals surface area contributed by atoms with E-state index in [1.54, 1.807) is 37.3 Å². The summed E-state index contributed by atoms with van der Waals surface area (Å²) in [5, 5.41) is 12.2. The number of nitrogens with zero attached hydrogens (tertiary/aromatic N) is 4. The summed E-state index contributed by atoms with van der Waals surface area (Å²) in [4.78, 5) is 45.9. The topological polar surface area (TPSA) is 128 Å². The number of hydrogen-bond acceptors (Lipinski definition) is 8. The highest BCUT2D eigenvalue weighted by atomic mass is 35.5. The number of halogens is 2. The molecule has 0 aliphatic heterocycles. The molecule has 2 N–H and O–H groups in total. The molecule has 0 bridgehead atoms. The zero-order valence-corrected chi connectivity index (χ0v) is 21.2. The summed E-state index contributed by atoms with van der Waals surface area (Å²) in [6, 6.07) is 11.0. The van der Waals surface area contributed by atoms with Gasteiger partial charge in [-0.1, -0.05) is 18.5 Å². The van der Waals surface area contributed by atoms with Crippen LogP contribution >= 0.6 is 22.9 Å². The summed E-state index contributed by atoms with van der Waals surface area (Å²) >= 11 is 7.29. The van der Waals surface area contributed by atoms with Gasteiger partial charge in [0, 0.05) is 23.3 Å². The lowest BCUT2D eigenvalue weighted by Crippen LogP contribution is -2.44. The molecule has 0 fully saturated rings. The molecule has 4 aromatic rings. The molecule has 3 aromatic heterocycles. The van der Waals surface area contributed by atoms with Gasteiger partial charge in [-0.25, -0.2) is 23.5 Å². The van der Waals surface area contributed by atoms with Gasteiger partial charge < -0.3 is 15.2 Å². The highest BCUT2D eigenvalue weighted by Gasteiger charge is 2.19. The lowest BCUT2D eigenvalue weighted by molar-refractivity contribution is -0.141. The molecule has 0 saturated carbocycles. The zero-order valence-electron chi connectivity index (χ0n) is 19.6. The van der Waals surface area contributed by atoms with Crippen LogP contribution in [0.25, 0.3) is 0 Å². The number of aliphatic carboxylic acids is 1.